The van der Waals surface area contributed by atoms with Crippen molar-refractivity contribution in [1.29, 1.82) is 0 Å². The largest absolute Gasteiger partial charge is 0.465 e. The number of carbonyl (C=O) groups is 3. The van der Waals surface area contributed by atoms with Crippen molar-refractivity contribution in [2.45, 2.75) is 51.9 Å². The lowest BCUT2D eigenvalue weighted by molar-refractivity contribution is -0.151. The Balaban J connectivity index is 2.13. The zero-order valence-corrected chi connectivity index (χ0v) is 16.8. The normalized spacial score (nSPS) is 14.7. The number of ether oxygens (including phenoxy) is 2. The number of carbonyl (C=O) groups excluding carboxylic acids is 3. The van der Waals surface area contributed by atoms with Crippen molar-refractivity contribution < 1.29 is 23.9 Å². The van der Waals surface area contributed by atoms with Crippen LogP contribution in [0.15, 0.2) is 12.2 Å². The van der Waals surface area contributed by atoms with Crippen LogP contribution in [-0.4, -0.2) is 74.1 Å². The summed E-state index contributed by atoms with van der Waals surface area (Å²) < 4.78 is 10.1. The molecule has 1 aliphatic heterocycles. The van der Waals surface area contributed by atoms with Crippen LogP contribution < -0.4 is 0 Å². The molecule has 1 saturated heterocycles. The van der Waals surface area contributed by atoms with Gasteiger partial charge >= 0.3 is 11.9 Å². The Kier molecular flexibility index (Phi) is 11.4. The van der Waals surface area contributed by atoms with Gasteiger partial charge in [0, 0.05) is 31.8 Å². The second-order valence-corrected chi connectivity index (χ2v) is 7.03. The molecule has 1 aliphatic rings. The molecule has 0 saturated carbocycles. The number of unbranched alkanes of at least 4 members (excludes halogenated alkanes) is 5. The standard InChI is InChI=1S/C20H34N2O5/c1-4-5-6-7-8-9-14-26-19(24)15-17(2)20(25)27-16-18(23)22-12-10-21(3)11-13-22/h2,4-16H2,1,3H3. The van der Waals surface area contributed by atoms with Crippen molar-refractivity contribution in [1.82, 2.24) is 9.80 Å². The lowest BCUT2D eigenvalue weighted by Crippen LogP contribution is -2.48. The summed E-state index contributed by atoms with van der Waals surface area (Å²) in [4.78, 5) is 39.5. The molecule has 7 nitrogen and oxygen atoms in total. The van der Waals surface area contributed by atoms with E-state index in [1.165, 1.54) is 19.3 Å². The summed E-state index contributed by atoms with van der Waals surface area (Å²) in [5.41, 5.74) is 0.00845. The lowest BCUT2D eigenvalue weighted by Gasteiger charge is -2.32. The third-order valence-electron chi connectivity index (χ3n) is 4.59. The molecule has 1 rings (SSSR count). The molecule has 0 radical (unpaired) electrons. The number of hydrogen-bond acceptors (Lipinski definition) is 6. The zero-order valence-electron chi connectivity index (χ0n) is 16.8. The van der Waals surface area contributed by atoms with Gasteiger partial charge in [0.1, 0.15) is 0 Å². The van der Waals surface area contributed by atoms with Gasteiger partial charge in [-0.25, -0.2) is 4.79 Å². The molecular formula is C20H34N2O5. The summed E-state index contributed by atoms with van der Waals surface area (Å²) >= 11 is 0. The minimum atomic E-state index is -0.728. The van der Waals surface area contributed by atoms with E-state index in [-0.39, 0.29) is 24.5 Å². The van der Waals surface area contributed by atoms with Gasteiger partial charge in [-0.2, -0.15) is 0 Å². The number of likely N-dealkylation sites (N-methyl/N-ethyl adjacent to an activating group) is 1. The Bertz CT molecular complexity index is 499. The molecule has 0 spiro atoms. The van der Waals surface area contributed by atoms with Crippen LogP contribution >= 0.6 is 0 Å². The molecule has 1 fully saturated rings. The first kappa shape index (κ1) is 23.1. The highest BCUT2D eigenvalue weighted by atomic mass is 16.5. The van der Waals surface area contributed by atoms with Crippen molar-refractivity contribution in [3.63, 3.8) is 0 Å². The predicted molar refractivity (Wildman–Crippen MR) is 103 cm³/mol. The monoisotopic (exact) mass is 382 g/mol. The van der Waals surface area contributed by atoms with E-state index in [1.54, 1.807) is 4.90 Å². The molecule has 0 aromatic carbocycles. The van der Waals surface area contributed by atoms with Crippen molar-refractivity contribution in [2.24, 2.45) is 0 Å². The summed E-state index contributed by atoms with van der Waals surface area (Å²) in [6.07, 6.45) is 6.44. The Labute approximate surface area is 162 Å². The van der Waals surface area contributed by atoms with Gasteiger partial charge in [0.05, 0.1) is 13.0 Å². The fourth-order valence-corrected chi connectivity index (χ4v) is 2.74. The molecule has 0 aromatic heterocycles. The number of nitrogens with zero attached hydrogens (tertiary/aromatic N) is 2. The third kappa shape index (κ3) is 10.1. The van der Waals surface area contributed by atoms with Crippen molar-refractivity contribution in [2.75, 3.05) is 46.4 Å². The zero-order chi connectivity index (χ0) is 20.1. The van der Waals surface area contributed by atoms with Crippen LogP contribution in [0.25, 0.3) is 0 Å². The van der Waals surface area contributed by atoms with Crippen LogP contribution in [-0.2, 0) is 23.9 Å². The van der Waals surface area contributed by atoms with Crippen LogP contribution in [0.5, 0.6) is 0 Å². The Morgan fingerprint density at radius 2 is 1.56 bits per heavy atom. The molecule has 0 N–H and O–H groups in total. The Morgan fingerprint density at radius 3 is 2.22 bits per heavy atom. The average Bonchev–Trinajstić information content (AvgIpc) is 2.65. The van der Waals surface area contributed by atoms with Crippen LogP contribution in [0.4, 0.5) is 0 Å². The second-order valence-electron chi connectivity index (χ2n) is 7.03. The van der Waals surface area contributed by atoms with Crippen LogP contribution in [0.3, 0.4) is 0 Å². The predicted octanol–water partition coefficient (Wildman–Crippen LogP) is 2.15. The number of rotatable bonds is 12. The van der Waals surface area contributed by atoms with E-state index in [4.69, 9.17) is 9.47 Å². The van der Waals surface area contributed by atoms with Gasteiger partial charge in [0.25, 0.3) is 5.91 Å². The van der Waals surface area contributed by atoms with E-state index in [2.05, 4.69) is 18.4 Å². The highest BCUT2D eigenvalue weighted by Crippen LogP contribution is 2.07. The molecule has 1 heterocycles. The third-order valence-corrected chi connectivity index (χ3v) is 4.59. The van der Waals surface area contributed by atoms with Crippen molar-refractivity contribution in [3.8, 4) is 0 Å². The van der Waals surface area contributed by atoms with Crippen molar-refractivity contribution in [3.05, 3.63) is 12.2 Å². The molecule has 27 heavy (non-hydrogen) atoms. The highest BCUT2D eigenvalue weighted by molar-refractivity contribution is 5.94. The fourth-order valence-electron chi connectivity index (χ4n) is 2.74. The molecule has 154 valence electrons. The molecule has 0 aromatic rings. The quantitative estimate of drug-likeness (QED) is 0.292. The van der Waals surface area contributed by atoms with E-state index >= 15 is 0 Å². The number of esters is 2. The molecule has 7 heteroatoms. The Hall–Kier alpha value is -1.89. The number of amides is 1. The molecule has 0 aliphatic carbocycles. The SMILES string of the molecule is C=C(CC(=O)OCCCCCCCC)C(=O)OCC(=O)N1CCN(C)CC1. The van der Waals surface area contributed by atoms with Gasteiger partial charge in [0.2, 0.25) is 0 Å². The molecule has 1 amide bonds. The maximum atomic E-state index is 12.0. The number of piperazine rings is 1. The first-order chi connectivity index (χ1) is 12.9. The molecule has 0 unspecified atom stereocenters. The van der Waals surface area contributed by atoms with Gasteiger partial charge in [-0.05, 0) is 13.5 Å². The maximum Gasteiger partial charge on any atom is 0.334 e. The topological polar surface area (TPSA) is 76.2 Å². The van der Waals surface area contributed by atoms with E-state index in [9.17, 15) is 14.4 Å². The number of hydrogen-bond donors (Lipinski definition) is 0. The van der Waals surface area contributed by atoms with Gasteiger partial charge in [-0.3, -0.25) is 9.59 Å². The van der Waals surface area contributed by atoms with Crippen molar-refractivity contribution >= 4 is 17.8 Å². The van der Waals surface area contributed by atoms with E-state index in [0.29, 0.717) is 19.7 Å². The van der Waals surface area contributed by atoms with Crippen LogP contribution in [0.2, 0.25) is 0 Å². The maximum absolute atomic E-state index is 12.0. The minimum absolute atomic E-state index is 0.00845. The van der Waals surface area contributed by atoms with E-state index in [0.717, 1.165) is 32.4 Å². The van der Waals surface area contributed by atoms with E-state index in [1.807, 2.05) is 7.05 Å². The molecular weight excluding hydrogens is 348 g/mol. The second kappa shape index (κ2) is 13.3. The molecule has 0 bridgehead atoms. The first-order valence-corrected chi connectivity index (χ1v) is 9.91. The molecule has 0 atom stereocenters. The van der Waals surface area contributed by atoms with Crippen LogP contribution in [0.1, 0.15) is 51.9 Å². The Morgan fingerprint density at radius 1 is 0.926 bits per heavy atom. The summed E-state index contributed by atoms with van der Waals surface area (Å²) in [6.45, 7) is 8.62. The first-order valence-electron chi connectivity index (χ1n) is 9.91. The minimum Gasteiger partial charge on any atom is -0.465 e. The lowest BCUT2D eigenvalue weighted by atomic mass is 10.1. The van der Waals surface area contributed by atoms with E-state index < -0.39 is 11.9 Å². The summed E-state index contributed by atoms with van der Waals surface area (Å²) in [6, 6.07) is 0. The van der Waals surface area contributed by atoms with Gasteiger partial charge < -0.3 is 19.3 Å². The summed E-state index contributed by atoms with van der Waals surface area (Å²) in [5.74, 6) is -1.44. The van der Waals surface area contributed by atoms with Gasteiger partial charge in [0.15, 0.2) is 6.61 Å². The van der Waals surface area contributed by atoms with Crippen LogP contribution in [0, 0.1) is 0 Å². The average molecular weight is 383 g/mol. The summed E-state index contributed by atoms with van der Waals surface area (Å²) in [5, 5.41) is 0. The fraction of sp³-hybridized carbons (Fsp3) is 0.750. The highest BCUT2D eigenvalue weighted by Gasteiger charge is 2.21. The summed E-state index contributed by atoms with van der Waals surface area (Å²) in [7, 11) is 2.00. The van der Waals surface area contributed by atoms with Gasteiger partial charge in [-0.1, -0.05) is 45.6 Å². The van der Waals surface area contributed by atoms with Gasteiger partial charge in [-0.15, -0.1) is 0 Å². The smallest absolute Gasteiger partial charge is 0.334 e.